The van der Waals surface area contributed by atoms with Crippen molar-refractivity contribution in [1.82, 2.24) is 5.32 Å². The van der Waals surface area contributed by atoms with E-state index in [1.165, 1.54) is 22.4 Å². The Hall–Kier alpha value is -3.11. The first kappa shape index (κ1) is 29.4. The van der Waals surface area contributed by atoms with Crippen molar-refractivity contribution in [2.75, 3.05) is 45.7 Å². The van der Waals surface area contributed by atoms with Crippen molar-refractivity contribution in [1.29, 1.82) is 0 Å². The molecule has 41 heavy (non-hydrogen) atoms. The van der Waals surface area contributed by atoms with Crippen molar-refractivity contribution in [3.05, 3.63) is 114 Å². The van der Waals surface area contributed by atoms with E-state index < -0.39 is 20.1 Å². The normalized spacial score (nSPS) is 14.2. The fourth-order valence-corrected chi connectivity index (χ4v) is 9.42. The fourth-order valence-electron chi connectivity index (χ4n) is 4.69. The zero-order chi connectivity index (χ0) is 28.1. The number of hydrogen-bond acceptors (Lipinski definition) is 6. The molecule has 0 atom stereocenters. The van der Waals surface area contributed by atoms with Crippen LogP contribution in [0.5, 0.6) is 11.5 Å². The predicted molar refractivity (Wildman–Crippen MR) is 175 cm³/mol. The number of hydrogen-bond donors (Lipinski definition) is 1. The first-order chi connectivity index (χ1) is 20.3. The molecule has 1 aliphatic heterocycles. The molecular formula is C34H39IN2O4. The monoisotopic (exact) mass is 666 g/mol. The van der Waals surface area contributed by atoms with Crippen LogP contribution in [0.4, 0.5) is 5.69 Å². The van der Waals surface area contributed by atoms with Crippen LogP contribution in [-0.2, 0) is 22.7 Å². The summed E-state index contributed by atoms with van der Waals surface area (Å²) in [6.45, 7) is 4.45. The molecule has 6 nitrogen and oxygen atoms in total. The Bertz CT molecular complexity index is 1340. The molecule has 0 spiro atoms. The van der Waals surface area contributed by atoms with Gasteiger partial charge in [-0.2, -0.15) is 0 Å². The molecule has 1 fully saturated rings. The van der Waals surface area contributed by atoms with E-state index in [9.17, 15) is 0 Å². The molecule has 0 radical (unpaired) electrons. The second-order valence-electron chi connectivity index (χ2n) is 9.73. The molecule has 1 N–H and O–H groups in total. The molecule has 0 bridgehead atoms. The van der Waals surface area contributed by atoms with Gasteiger partial charge in [0, 0.05) is 0 Å². The quantitative estimate of drug-likeness (QED) is 0.0501. The van der Waals surface area contributed by atoms with Crippen LogP contribution < -0.4 is 17.9 Å². The van der Waals surface area contributed by atoms with Gasteiger partial charge in [0.25, 0.3) is 0 Å². The average Bonchev–Trinajstić information content (AvgIpc) is 3.04. The molecule has 4 aromatic carbocycles. The summed E-state index contributed by atoms with van der Waals surface area (Å²) in [5.74, 6) is 1.75. The minimum absolute atomic E-state index is 0.540. The van der Waals surface area contributed by atoms with Gasteiger partial charge < -0.3 is 4.74 Å². The number of rotatable bonds is 14. The van der Waals surface area contributed by atoms with Crippen LogP contribution in [0.15, 0.2) is 103 Å². The number of nitrogens with one attached hydrogen (secondary N) is 1. The van der Waals surface area contributed by atoms with Crippen molar-refractivity contribution in [2.24, 2.45) is 0 Å². The van der Waals surface area contributed by atoms with Crippen molar-refractivity contribution in [2.45, 2.75) is 19.6 Å². The maximum absolute atomic E-state index is 6.30. The molecule has 4 aromatic rings. The Kier molecular flexibility index (Phi) is 11.3. The summed E-state index contributed by atoms with van der Waals surface area (Å²) in [5.41, 5.74) is 6.00. The molecule has 0 aromatic heterocycles. The summed E-state index contributed by atoms with van der Waals surface area (Å²) >= 11 is -1.54. The molecular weight excluding hydrogens is 627 g/mol. The summed E-state index contributed by atoms with van der Waals surface area (Å²) < 4.78 is 27.9. The number of methoxy groups -OCH3 is 1. The third-order valence-electron chi connectivity index (χ3n) is 6.80. The Morgan fingerprint density at radius 3 is 2.44 bits per heavy atom. The molecule has 0 amide bonds. The van der Waals surface area contributed by atoms with E-state index in [1.807, 2.05) is 24.3 Å². The van der Waals surface area contributed by atoms with Crippen LogP contribution in [0.3, 0.4) is 0 Å². The standard InChI is InChI=1S/C34H39IN2O4/c1-38-34-14-6-5-12-31(34)25-39-21-8-22-41-33-17-15-32(16-18-33)37-20-19-36-26-35(37)27-40-24-28-9-7-13-30(23-28)29-10-3-2-4-11-29/h2-7,9-18,23,36H,8,19-22,24-27H2,1H3. The van der Waals surface area contributed by atoms with Crippen LogP contribution in [0, 0.1) is 0 Å². The zero-order valence-electron chi connectivity index (χ0n) is 23.6. The third-order valence-corrected chi connectivity index (χ3v) is 12.1. The Balaban J connectivity index is 1.05. The number of anilines is 1. The van der Waals surface area contributed by atoms with E-state index in [2.05, 4.69) is 87.3 Å². The van der Waals surface area contributed by atoms with Gasteiger partial charge in [0.1, 0.15) is 5.75 Å². The van der Waals surface area contributed by atoms with E-state index in [0.29, 0.717) is 26.4 Å². The Labute approximate surface area is 251 Å². The summed E-state index contributed by atoms with van der Waals surface area (Å²) in [4.78, 5) is 0. The van der Waals surface area contributed by atoms with Gasteiger partial charge in [-0.25, -0.2) is 0 Å². The Morgan fingerprint density at radius 1 is 0.780 bits per heavy atom. The zero-order valence-corrected chi connectivity index (χ0v) is 25.8. The van der Waals surface area contributed by atoms with E-state index in [1.54, 1.807) is 7.11 Å². The van der Waals surface area contributed by atoms with Gasteiger partial charge >= 0.3 is 210 Å². The molecule has 0 aliphatic carbocycles. The third kappa shape index (κ3) is 8.69. The topological polar surface area (TPSA) is 52.2 Å². The molecule has 5 rings (SSSR count). The van der Waals surface area contributed by atoms with Crippen LogP contribution in [-0.4, -0.2) is 42.6 Å². The van der Waals surface area contributed by atoms with Crippen molar-refractivity contribution >= 4 is 25.8 Å². The molecule has 0 unspecified atom stereocenters. The summed E-state index contributed by atoms with van der Waals surface area (Å²) in [6.07, 6.45) is 0.830. The van der Waals surface area contributed by atoms with Gasteiger partial charge in [0.2, 0.25) is 0 Å². The maximum atomic E-state index is 6.30. The summed E-state index contributed by atoms with van der Waals surface area (Å²) in [6, 6.07) is 35.7. The average molecular weight is 667 g/mol. The Morgan fingerprint density at radius 2 is 1.59 bits per heavy atom. The number of nitrogens with zero attached hydrogens (tertiary/aromatic N) is 1. The minimum atomic E-state index is -1.54. The summed E-state index contributed by atoms with van der Waals surface area (Å²) in [7, 11) is 1.68. The van der Waals surface area contributed by atoms with E-state index in [-0.39, 0.29) is 0 Å². The SMILES string of the molecule is COc1ccccc1COCCCOc1ccc(N2CCNCI2COCc2cccc(-c3ccccc3)c2)cc1. The molecule has 1 aliphatic rings. The molecule has 0 saturated carbocycles. The van der Waals surface area contributed by atoms with Crippen LogP contribution in [0.2, 0.25) is 0 Å². The second-order valence-corrected chi connectivity index (χ2v) is 14.7. The molecule has 1 saturated heterocycles. The van der Waals surface area contributed by atoms with Crippen LogP contribution in [0.25, 0.3) is 11.1 Å². The van der Waals surface area contributed by atoms with Crippen molar-refractivity contribution in [3.8, 4) is 22.6 Å². The van der Waals surface area contributed by atoms with Crippen molar-refractivity contribution < 1.29 is 18.9 Å². The number of benzene rings is 4. The van der Waals surface area contributed by atoms with Crippen molar-refractivity contribution in [3.63, 3.8) is 0 Å². The van der Waals surface area contributed by atoms with Gasteiger partial charge in [-0.3, -0.25) is 0 Å². The van der Waals surface area contributed by atoms with Gasteiger partial charge in [0.15, 0.2) is 0 Å². The van der Waals surface area contributed by atoms with Crippen LogP contribution in [0.1, 0.15) is 17.5 Å². The number of ether oxygens (including phenoxy) is 4. The fraction of sp³-hybridized carbons (Fsp3) is 0.294. The number of para-hydroxylation sites is 1. The summed E-state index contributed by atoms with van der Waals surface area (Å²) in [5, 5.41) is 3.59. The van der Waals surface area contributed by atoms with Gasteiger partial charge in [-0.1, -0.05) is 18.2 Å². The molecule has 1 heterocycles. The van der Waals surface area contributed by atoms with E-state index in [0.717, 1.165) is 45.7 Å². The number of alkyl halides is 2. The van der Waals surface area contributed by atoms with Gasteiger partial charge in [-0.05, 0) is 6.07 Å². The molecule has 216 valence electrons. The molecule has 7 heteroatoms. The first-order valence-corrected chi connectivity index (χ1v) is 18.1. The first-order valence-electron chi connectivity index (χ1n) is 14.0. The van der Waals surface area contributed by atoms with E-state index in [4.69, 9.17) is 18.9 Å². The number of halogens is 1. The van der Waals surface area contributed by atoms with E-state index >= 15 is 0 Å². The van der Waals surface area contributed by atoms with Gasteiger partial charge in [-0.15, -0.1) is 0 Å². The predicted octanol–water partition coefficient (Wildman–Crippen LogP) is 7.31. The second kappa shape index (κ2) is 15.8. The van der Waals surface area contributed by atoms with Gasteiger partial charge in [0.05, 0.1) is 7.11 Å². The van der Waals surface area contributed by atoms with Crippen LogP contribution >= 0.6 is 20.1 Å².